The lowest BCUT2D eigenvalue weighted by molar-refractivity contribution is -0.143. The number of amides is 1. The van der Waals surface area contributed by atoms with E-state index in [9.17, 15) is 14.7 Å². The molecule has 8 heteroatoms. The fourth-order valence-electron chi connectivity index (χ4n) is 2.79. The van der Waals surface area contributed by atoms with Crippen LogP contribution in [0.3, 0.4) is 0 Å². The van der Waals surface area contributed by atoms with Gasteiger partial charge in [-0.15, -0.1) is 15.0 Å². The van der Waals surface area contributed by atoms with Crippen LogP contribution in [0, 0.1) is 0 Å². The van der Waals surface area contributed by atoms with Gasteiger partial charge in [0.1, 0.15) is 22.5 Å². The first-order valence-electron chi connectivity index (χ1n) is 9.68. The molecule has 1 heterocycles. The highest BCUT2D eigenvalue weighted by atomic mass is 16.5. The van der Waals surface area contributed by atoms with Crippen molar-refractivity contribution in [3.63, 3.8) is 0 Å². The molecule has 0 aliphatic carbocycles. The van der Waals surface area contributed by atoms with E-state index in [1.807, 2.05) is 24.3 Å². The minimum atomic E-state index is -0.236. The van der Waals surface area contributed by atoms with Crippen molar-refractivity contribution >= 4 is 22.9 Å². The minimum absolute atomic E-state index is 0.0107. The number of aromatic nitrogens is 3. The molecule has 0 saturated carbocycles. The van der Waals surface area contributed by atoms with Gasteiger partial charge >= 0.3 is 5.97 Å². The predicted molar refractivity (Wildman–Crippen MR) is 108 cm³/mol. The van der Waals surface area contributed by atoms with Crippen LogP contribution >= 0.6 is 0 Å². The molecule has 0 spiro atoms. The third-order valence-corrected chi connectivity index (χ3v) is 4.40. The van der Waals surface area contributed by atoms with Gasteiger partial charge in [0.25, 0.3) is 5.91 Å². The third-order valence-electron chi connectivity index (χ3n) is 4.40. The van der Waals surface area contributed by atoms with E-state index in [0.717, 1.165) is 19.3 Å². The van der Waals surface area contributed by atoms with Crippen LogP contribution in [0.15, 0.2) is 42.5 Å². The Morgan fingerprint density at radius 2 is 1.79 bits per heavy atom. The smallest absolute Gasteiger partial charge is 0.305 e. The van der Waals surface area contributed by atoms with Gasteiger partial charge in [0.05, 0.1) is 6.61 Å². The van der Waals surface area contributed by atoms with E-state index in [2.05, 4.69) is 15.5 Å². The second-order valence-corrected chi connectivity index (χ2v) is 6.57. The number of hydrogen-bond donors (Lipinski definition) is 2. The number of benzene rings is 2. The van der Waals surface area contributed by atoms with Crippen LogP contribution in [0.5, 0.6) is 5.75 Å². The van der Waals surface area contributed by atoms with Crippen molar-refractivity contribution in [2.75, 3.05) is 13.2 Å². The summed E-state index contributed by atoms with van der Waals surface area (Å²) in [7, 11) is 0. The summed E-state index contributed by atoms with van der Waals surface area (Å²) in [5.74, 6) is -0.440. The number of aromatic hydroxyl groups is 1. The number of rotatable bonds is 9. The van der Waals surface area contributed by atoms with Gasteiger partial charge in [-0.05, 0) is 49.6 Å². The highest BCUT2D eigenvalue weighted by Gasteiger charge is 2.13. The topological polar surface area (TPSA) is 106 Å². The summed E-state index contributed by atoms with van der Waals surface area (Å²) < 4.78 is 5.01. The normalized spacial score (nSPS) is 10.8. The molecule has 0 unspecified atom stereocenters. The first-order chi connectivity index (χ1) is 14.1. The Hall–Kier alpha value is -3.42. The summed E-state index contributed by atoms with van der Waals surface area (Å²) in [5.41, 5.74) is 2.15. The van der Waals surface area contributed by atoms with E-state index in [4.69, 9.17) is 4.74 Å². The van der Waals surface area contributed by atoms with Gasteiger partial charge in [0.15, 0.2) is 0 Å². The summed E-state index contributed by atoms with van der Waals surface area (Å²) in [4.78, 5) is 24.8. The number of fused-ring (bicyclic) bond motifs is 1. The number of phenolic OH excluding ortho intramolecular Hbond substituents is 1. The molecule has 3 aromatic rings. The predicted octanol–water partition coefficient (Wildman–Crippen LogP) is 2.98. The Balaban J connectivity index is 1.55. The Morgan fingerprint density at radius 1 is 1.07 bits per heavy atom. The first kappa shape index (κ1) is 20.3. The molecule has 0 fully saturated rings. The van der Waals surface area contributed by atoms with Crippen molar-refractivity contribution < 1.29 is 19.4 Å². The standard InChI is InChI=1S/C21H24N4O4/c1-2-20(27)29-13-7-3-6-12-22-21(28)15-10-11-19(26)18(14-15)25-23-16-8-4-5-9-17(16)24-25/h4-5,8-11,14,26H,2-3,6-7,12-13H2,1H3,(H,22,28). The maximum atomic E-state index is 12.4. The fourth-order valence-corrected chi connectivity index (χ4v) is 2.79. The zero-order valence-electron chi connectivity index (χ0n) is 16.3. The van der Waals surface area contributed by atoms with E-state index in [-0.39, 0.29) is 17.6 Å². The molecule has 29 heavy (non-hydrogen) atoms. The molecule has 1 aromatic heterocycles. The average molecular weight is 396 g/mol. The lowest BCUT2D eigenvalue weighted by Crippen LogP contribution is -2.24. The number of hydrogen-bond acceptors (Lipinski definition) is 6. The summed E-state index contributed by atoms with van der Waals surface area (Å²) in [5, 5.41) is 21.7. The van der Waals surface area contributed by atoms with Gasteiger partial charge in [-0.2, -0.15) is 0 Å². The number of esters is 1. The molecule has 0 aliphatic heterocycles. The van der Waals surface area contributed by atoms with Gasteiger partial charge in [-0.1, -0.05) is 19.1 Å². The first-order valence-corrected chi connectivity index (χ1v) is 9.68. The monoisotopic (exact) mass is 396 g/mol. The van der Waals surface area contributed by atoms with Crippen LogP contribution in [0.25, 0.3) is 16.7 Å². The Kier molecular flexibility index (Phi) is 6.78. The summed E-state index contributed by atoms with van der Waals surface area (Å²) >= 11 is 0. The lowest BCUT2D eigenvalue weighted by atomic mass is 10.1. The van der Waals surface area contributed by atoms with E-state index in [0.29, 0.717) is 41.9 Å². The maximum absolute atomic E-state index is 12.4. The van der Waals surface area contributed by atoms with Crippen molar-refractivity contribution in [3.8, 4) is 11.4 Å². The molecule has 8 nitrogen and oxygen atoms in total. The van der Waals surface area contributed by atoms with E-state index < -0.39 is 0 Å². The van der Waals surface area contributed by atoms with Gasteiger partial charge in [0, 0.05) is 18.5 Å². The number of phenols is 1. The van der Waals surface area contributed by atoms with Crippen molar-refractivity contribution in [3.05, 3.63) is 48.0 Å². The van der Waals surface area contributed by atoms with E-state index in [1.54, 1.807) is 19.1 Å². The number of carbonyl (C=O) groups excluding carboxylic acids is 2. The maximum Gasteiger partial charge on any atom is 0.305 e. The van der Waals surface area contributed by atoms with Crippen LogP contribution in [0.1, 0.15) is 43.0 Å². The van der Waals surface area contributed by atoms with Gasteiger partial charge in [-0.25, -0.2) is 0 Å². The van der Waals surface area contributed by atoms with E-state index in [1.165, 1.54) is 10.9 Å². The van der Waals surface area contributed by atoms with Gasteiger partial charge in [0.2, 0.25) is 0 Å². The molecule has 0 atom stereocenters. The number of carbonyl (C=O) groups is 2. The molecule has 0 aliphatic rings. The third kappa shape index (κ3) is 5.31. The van der Waals surface area contributed by atoms with Crippen LogP contribution in [0.2, 0.25) is 0 Å². The summed E-state index contributed by atoms with van der Waals surface area (Å²) in [6.45, 7) is 2.69. The SMILES string of the molecule is CCC(=O)OCCCCCNC(=O)c1ccc(O)c(-n2nc3ccccc3n2)c1. The molecular weight excluding hydrogens is 372 g/mol. The highest BCUT2D eigenvalue weighted by molar-refractivity contribution is 5.95. The van der Waals surface area contributed by atoms with Crippen molar-refractivity contribution in [2.24, 2.45) is 0 Å². The zero-order valence-corrected chi connectivity index (χ0v) is 16.3. The van der Waals surface area contributed by atoms with Crippen molar-refractivity contribution in [1.82, 2.24) is 20.3 Å². The number of nitrogens with zero attached hydrogens (tertiary/aromatic N) is 3. The zero-order chi connectivity index (χ0) is 20.6. The molecule has 2 N–H and O–H groups in total. The average Bonchev–Trinajstić information content (AvgIpc) is 3.17. The highest BCUT2D eigenvalue weighted by Crippen LogP contribution is 2.23. The van der Waals surface area contributed by atoms with Crippen LogP contribution in [0.4, 0.5) is 0 Å². The molecule has 0 radical (unpaired) electrons. The number of ether oxygens (including phenoxy) is 1. The quantitative estimate of drug-likeness (QED) is 0.425. The second-order valence-electron chi connectivity index (χ2n) is 6.57. The van der Waals surface area contributed by atoms with Crippen LogP contribution < -0.4 is 5.32 Å². The summed E-state index contributed by atoms with van der Waals surface area (Å²) in [6, 6.07) is 12.0. The van der Waals surface area contributed by atoms with Crippen molar-refractivity contribution in [1.29, 1.82) is 0 Å². The molecule has 2 aromatic carbocycles. The van der Waals surface area contributed by atoms with Crippen molar-refractivity contribution in [2.45, 2.75) is 32.6 Å². The molecule has 0 bridgehead atoms. The van der Waals surface area contributed by atoms with Gasteiger partial charge < -0.3 is 15.2 Å². The van der Waals surface area contributed by atoms with E-state index >= 15 is 0 Å². The molecule has 1 amide bonds. The number of nitrogens with one attached hydrogen (secondary N) is 1. The molecule has 0 saturated heterocycles. The fraction of sp³-hybridized carbons (Fsp3) is 0.333. The van der Waals surface area contributed by atoms with Crippen LogP contribution in [-0.4, -0.2) is 45.1 Å². The van der Waals surface area contributed by atoms with Crippen LogP contribution in [-0.2, 0) is 9.53 Å². The second kappa shape index (κ2) is 9.68. The molecular formula is C21H24N4O4. The number of unbranched alkanes of at least 4 members (excludes halogenated alkanes) is 2. The molecule has 3 rings (SSSR count). The lowest BCUT2D eigenvalue weighted by Gasteiger charge is -2.08. The summed E-state index contributed by atoms with van der Waals surface area (Å²) in [6.07, 6.45) is 2.78. The molecule has 152 valence electrons. The minimum Gasteiger partial charge on any atom is -0.506 e. The van der Waals surface area contributed by atoms with Gasteiger partial charge in [-0.3, -0.25) is 9.59 Å². The Morgan fingerprint density at radius 3 is 2.48 bits per heavy atom. The Labute approximate surface area is 168 Å². The largest absolute Gasteiger partial charge is 0.506 e. The Bertz CT molecular complexity index is 966.